The zero-order chi connectivity index (χ0) is 13.2. The van der Waals surface area contributed by atoms with E-state index in [0.29, 0.717) is 18.2 Å². The highest BCUT2D eigenvalue weighted by Crippen LogP contribution is 2.27. The Balaban J connectivity index is 2.06. The first-order valence-electron chi connectivity index (χ1n) is 6.10. The number of hydrogen-bond acceptors (Lipinski definition) is 4. The zero-order valence-electron chi connectivity index (χ0n) is 10.6. The number of nitrogens with two attached hydrogens (primary N) is 1. The van der Waals surface area contributed by atoms with Gasteiger partial charge in [0.1, 0.15) is 5.69 Å². The number of benzene rings is 1. The van der Waals surface area contributed by atoms with Crippen molar-refractivity contribution in [3.8, 4) is 17.1 Å². The molecule has 0 aliphatic carbocycles. The van der Waals surface area contributed by atoms with Gasteiger partial charge in [-0.1, -0.05) is 0 Å². The molecule has 3 rings (SSSR count). The Bertz CT molecular complexity index is 703. The molecule has 2 heterocycles. The van der Waals surface area contributed by atoms with Crippen LogP contribution < -0.4 is 10.5 Å². The molecule has 0 aliphatic heterocycles. The quantitative estimate of drug-likeness (QED) is 0.704. The van der Waals surface area contributed by atoms with E-state index in [1.165, 1.54) is 0 Å². The first-order chi connectivity index (χ1) is 9.28. The lowest BCUT2D eigenvalue weighted by molar-refractivity contribution is 0.327. The summed E-state index contributed by atoms with van der Waals surface area (Å²) < 4.78 is 5.33. The van der Waals surface area contributed by atoms with E-state index in [0.717, 1.165) is 22.2 Å². The van der Waals surface area contributed by atoms with Crippen LogP contribution in [-0.2, 0) is 0 Å². The van der Waals surface area contributed by atoms with Gasteiger partial charge in [-0.2, -0.15) is 5.10 Å². The SMILES string of the molecule is CCOc1ccc(-c2n[nH]c3ccc(N)cc23)cn1. The molecule has 1 aromatic carbocycles. The molecule has 19 heavy (non-hydrogen) atoms. The molecule has 3 N–H and O–H groups in total. The Morgan fingerprint density at radius 3 is 2.89 bits per heavy atom. The second kappa shape index (κ2) is 4.61. The molecule has 0 fully saturated rings. The van der Waals surface area contributed by atoms with Crippen molar-refractivity contribution in [3.63, 3.8) is 0 Å². The van der Waals surface area contributed by atoms with Crippen LogP contribution in [0.25, 0.3) is 22.2 Å². The van der Waals surface area contributed by atoms with Gasteiger partial charge in [0, 0.05) is 28.9 Å². The molecule has 2 aromatic heterocycles. The zero-order valence-corrected chi connectivity index (χ0v) is 10.6. The van der Waals surface area contributed by atoms with E-state index >= 15 is 0 Å². The maximum Gasteiger partial charge on any atom is 0.213 e. The minimum Gasteiger partial charge on any atom is -0.478 e. The summed E-state index contributed by atoms with van der Waals surface area (Å²) >= 11 is 0. The number of nitrogens with zero attached hydrogens (tertiary/aromatic N) is 2. The third kappa shape index (κ3) is 2.10. The Kier molecular flexibility index (Phi) is 2.79. The Morgan fingerprint density at radius 2 is 2.16 bits per heavy atom. The van der Waals surface area contributed by atoms with Crippen molar-refractivity contribution >= 4 is 16.6 Å². The monoisotopic (exact) mass is 254 g/mol. The smallest absolute Gasteiger partial charge is 0.213 e. The number of hydrogen-bond donors (Lipinski definition) is 2. The van der Waals surface area contributed by atoms with Crippen molar-refractivity contribution in [2.24, 2.45) is 0 Å². The van der Waals surface area contributed by atoms with E-state index in [2.05, 4.69) is 15.2 Å². The van der Waals surface area contributed by atoms with Crippen LogP contribution in [0.1, 0.15) is 6.92 Å². The summed E-state index contributed by atoms with van der Waals surface area (Å²) in [5.41, 5.74) is 9.27. The molecule has 0 atom stereocenters. The number of H-pyrrole nitrogens is 1. The fourth-order valence-corrected chi connectivity index (χ4v) is 2.01. The van der Waals surface area contributed by atoms with E-state index in [9.17, 15) is 0 Å². The van der Waals surface area contributed by atoms with E-state index in [-0.39, 0.29) is 0 Å². The van der Waals surface area contributed by atoms with Gasteiger partial charge < -0.3 is 10.5 Å². The van der Waals surface area contributed by atoms with Crippen molar-refractivity contribution in [1.29, 1.82) is 0 Å². The minimum atomic E-state index is 0.605. The number of nitrogens with one attached hydrogen (secondary N) is 1. The molecule has 0 bridgehead atoms. The summed E-state index contributed by atoms with van der Waals surface area (Å²) in [6, 6.07) is 9.46. The standard InChI is InChI=1S/C14H14N4O/c1-2-19-13-6-3-9(8-16-13)14-11-7-10(15)4-5-12(11)17-18-14/h3-8H,2,15H2,1H3,(H,17,18). The maximum atomic E-state index is 5.82. The topological polar surface area (TPSA) is 76.8 Å². The third-order valence-corrected chi connectivity index (χ3v) is 2.89. The molecule has 0 aliphatic rings. The molecule has 0 spiro atoms. The van der Waals surface area contributed by atoms with Crippen LogP contribution in [-0.4, -0.2) is 21.8 Å². The maximum absolute atomic E-state index is 5.82. The predicted molar refractivity (Wildman–Crippen MR) is 74.9 cm³/mol. The van der Waals surface area contributed by atoms with E-state index in [4.69, 9.17) is 10.5 Å². The number of aromatic amines is 1. The van der Waals surface area contributed by atoms with Crippen LogP contribution in [0.5, 0.6) is 5.88 Å². The minimum absolute atomic E-state index is 0.605. The number of aromatic nitrogens is 3. The van der Waals surface area contributed by atoms with Crippen LogP contribution in [0.15, 0.2) is 36.5 Å². The summed E-state index contributed by atoms with van der Waals surface area (Å²) in [7, 11) is 0. The largest absolute Gasteiger partial charge is 0.478 e. The molecular formula is C14H14N4O. The van der Waals surface area contributed by atoms with Crippen LogP contribution in [0, 0.1) is 0 Å². The fraction of sp³-hybridized carbons (Fsp3) is 0.143. The molecule has 0 saturated carbocycles. The number of rotatable bonds is 3. The van der Waals surface area contributed by atoms with Gasteiger partial charge in [-0.3, -0.25) is 5.10 Å². The van der Waals surface area contributed by atoms with Crippen molar-refractivity contribution in [3.05, 3.63) is 36.5 Å². The van der Waals surface area contributed by atoms with E-state index in [1.54, 1.807) is 6.20 Å². The van der Waals surface area contributed by atoms with E-state index < -0.39 is 0 Å². The first kappa shape index (κ1) is 11.5. The Hall–Kier alpha value is -2.56. The summed E-state index contributed by atoms with van der Waals surface area (Å²) in [6.07, 6.45) is 1.75. The van der Waals surface area contributed by atoms with Gasteiger partial charge in [0.05, 0.1) is 12.1 Å². The molecule has 0 amide bonds. The van der Waals surface area contributed by atoms with Crippen LogP contribution in [0.2, 0.25) is 0 Å². The average Bonchev–Trinajstić information content (AvgIpc) is 2.83. The Labute approximate surface area is 110 Å². The van der Waals surface area contributed by atoms with Gasteiger partial charge in [0.2, 0.25) is 5.88 Å². The lowest BCUT2D eigenvalue weighted by Gasteiger charge is -2.02. The average molecular weight is 254 g/mol. The molecule has 96 valence electrons. The normalized spacial score (nSPS) is 10.8. The molecule has 5 heteroatoms. The van der Waals surface area contributed by atoms with Crippen molar-refractivity contribution in [1.82, 2.24) is 15.2 Å². The van der Waals surface area contributed by atoms with Crippen LogP contribution in [0.3, 0.4) is 0 Å². The second-order valence-corrected chi connectivity index (χ2v) is 4.20. The first-order valence-corrected chi connectivity index (χ1v) is 6.10. The summed E-state index contributed by atoms with van der Waals surface area (Å²) in [5.74, 6) is 0.616. The number of pyridine rings is 1. The number of nitrogen functional groups attached to an aromatic ring is 1. The van der Waals surface area contributed by atoms with Gasteiger partial charge >= 0.3 is 0 Å². The highest BCUT2D eigenvalue weighted by molar-refractivity contribution is 5.94. The predicted octanol–water partition coefficient (Wildman–Crippen LogP) is 2.61. The van der Waals surface area contributed by atoms with Gasteiger partial charge in [0.15, 0.2) is 0 Å². The molecule has 0 saturated heterocycles. The Morgan fingerprint density at radius 1 is 1.26 bits per heavy atom. The van der Waals surface area contributed by atoms with Gasteiger partial charge in [0.25, 0.3) is 0 Å². The molecule has 0 radical (unpaired) electrons. The summed E-state index contributed by atoms with van der Waals surface area (Å²) in [6.45, 7) is 2.54. The summed E-state index contributed by atoms with van der Waals surface area (Å²) in [4.78, 5) is 4.25. The van der Waals surface area contributed by atoms with Gasteiger partial charge in [-0.05, 0) is 31.2 Å². The highest BCUT2D eigenvalue weighted by atomic mass is 16.5. The molecular weight excluding hydrogens is 240 g/mol. The summed E-state index contributed by atoms with van der Waals surface area (Å²) in [5, 5.41) is 8.30. The number of ether oxygens (including phenoxy) is 1. The molecule has 0 unspecified atom stereocenters. The number of fused-ring (bicyclic) bond motifs is 1. The molecule has 5 nitrogen and oxygen atoms in total. The van der Waals surface area contributed by atoms with Crippen molar-refractivity contribution < 1.29 is 4.74 Å². The van der Waals surface area contributed by atoms with Gasteiger partial charge in [-0.25, -0.2) is 4.98 Å². The molecule has 3 aromatic rings. The van der Waals surface area contributed by atoms with Crippen LogP contribution >= 0.6 is 0 Å². The third-order valence-electron chi connectivity index (χ3n) is 2.89. The van der Waals surface area contributed by atoms with Crippen molar-refractivity contribution in [2.45, 2.75) is 6.92 Å². The van der Waals surface area contributed by atoms with Crippen LogP contribution in [0.4, 0.5) is 5.69 Å². The van der Waals surface area contributed by atoms with Gasteiger partial charge in [-0.15, -0.1) is 0 Å². The van der Waals surface area contributed by atoms with E-state index in [1.807, 2.05) is 37.3 Å². The highest BCUT2D eigenvalue weighted by Gasteiger charge is 2.09. The lowest BCUT2D eigenvalue weighted by Crippen LogP contribution is -1.93. The van der Waals surface area contributed by atoms with Crippen molar-refractivity contribution in [2.75, 3.05) is 12.3 Å². The second-order valence-electron chi connectivity index (χ2n) is 4.20. The number of anilines is 1. The lowest BCUT2D eigenvalue weighted by atomic mass is 10.1. The fourth-order valence-electron chi connectivity index (χ4n) is 2.01.